The quantitative estimate of drug-likeness (QED) is 0.107. The summed E-state index contributed by atoms with van der Waals surface area (Å²) in [7, 11) is 0. The molecular formula is C23H27N5O5S. The number of para-hydroxylation sites is 2. The van der Waals surface area contributed by atoms with Crippen molar-refractivity contribution in [3.8, 4) is 0 Å². The Morgan fingerprint density at radius 2 is 1.85 bits per heavy atom. The predicted molar refractivity (Wildman–Crippen MR) is 130 cm³/mol. The lowest BCUT2D eigenvalue weighted by atomic mass is 10.0. The lowest BCUT2D eigenvalue weighted by Gasteiger charge is -2.21. The van der Waals surface area contributed by atoms with E-state index in [1.165, 1.54) is 6.07 Å². The van der Waals surface area contributed by atoms with Gasteiger partial charge in [0.05, 0.1) is 11.0 Å². The molecular weight excluding hydrogens is 458 g/mol. The van der Waals surface area contributed by atoms with Crippen molar-refractivity contribution in [3.63, 3.8) is 0 Å². The fraction of sp³-hybridized carbons (Fsp3) is 0.304. The highest BCUT2D eigenvalue weighted by Crippen LogP contribution is 2.27. The van der Waals surface area contributed by atoms with Crippen molar-refractivity contribution in [2.75, 3.05) is 6.54 Å². The SMILES string of the molecule is NCCCC[C@H](NSc1ccccc1[N+](=O)[O-])C(=O)N[C@@H](Cc1c[nH]c2ccccc12)C(=O)O. The number of aliphatic carboxylic acids is 1. The maximum atomic E-state index is 13.1. The summed E-state index contributed by atoms with van der Waals surface area (Å²) in [5.41, 5.74) is 7.16. The van der Waals surface area contributed by atoms with Gasteiger partial charge in [-0.15, -0.1) is 0 Å². The monoisotopic (exact) mass is 485 g/mol. The summed E-state index contributed by atoms with van der Waals surface area (Å²) >= 11 is 0.976. The highest BCUT2D eigenvalue weighted by molar-refractivity contribution is 7.97. The van der Waals surface area contributed by atoms with E-state index in [0.29, 0.717) is 30.7 Å². The van der Waals surface area contributed by atoms with Gasteiger partial charge in [0.15, 0.2) is 0 Å². The third kappa shape index (κ3) is 6.56. The Labute approximate surface area is 200 Å². The second-order valence-corrected chi connectivity index (χ2v) is 8.62. The average molecular weight is 486 g/mol. The van der Waals surface area contributed by atoms with Crippen LogP contribution >= 0.6 is 11.9 Å². The number of rotatable bonds is 13. The van der Waals surface area contributed by atoms with Gasteiger partial charge in [0.1, 0.15) is 10.9 Å². The van der Waals surface area contributed by atoms with Crippen LogP contribution in [0, 0.1) is 10.1 Å². The number of fused-ring (bicyclic) bond motifs is 1. The number of aromatic nitrogens is 1. The van der Waals surface area contributed by atoms with Crippen molar-refractivity contribution in [3.05, 3.63) is 70.4 Å². The maximum absolute atomic E-state index is 13.1. The minimum atomic E-state index is -1.15. The van der Waals surface area contributed by atoms with E-state index in [1.54, 1.807) is 24.4 Å². The third-order valence-corrected chi connectivity index (χ3v) is 6.32. The smallest absolute Gasteiger partial charge is 0.326 e. The van der Waals surface area contributed by atoms with E-state index in [9.17, 15) is 24.8 Å². The molecule has 2 atom stereocenters. The molecule has 0 saturated carbocycles. The van der Waals surface area contributed by atoms with Crippen LogP contribution in [-0.4, -0.2) is 45.5 Å². The molecule has 11 heteroatoms. The van der Waals surface area contributed by atoms with Crippen LogP contribution in [0.15, 0.2) is 59.6 Å². The molecule has 0 spiro atoms. The zero-order valence-electron chi connectivity index (χ0n) is 18.4. The average Bonchev–Trinajstić information content (AvgIpc) is 3.23. The van der Waals surface area contributed by atoms with Crippen molar-refractivity contribution >= 4 is 40.4 Å². The zero-order valence-corrected chi connectivity index (χ0v) is 19.2. The molecule has 34 heavy (non-hydrogen) atoms. The summed E-state index contributed by atoms with van der Waals surface area (Å²) in [6.45, 7) is 0.462. The lowest BCUT2D eigenvalue weighted by molar-refractivity contribution is -0.387. The van der Waals surface area contributed by atoms with Crippen molar-refractivity contribution < 1.29 is 19.6 Å². The van der Waals surface area contributed by atoms with Crippen molar-refractivity contribution in [1.29, 1.82) is 0 Å². The standard InChI is InChI=1S/C23H27N5O5S/c24-12-6-5-9-18(27-34-21-11-4-3-10-20(21)28(32)33)22(29)26-19(23(30)31)13-15-14-25-17-8-2-1-7-16(15)17/h1-4,7-8,10-11,14,18-19,25,27H,5-6,9,12-13,24H2,(H,26,29)(H,30,31)/t18-,19-/m0/s1. The van der Waals surface area contributed by atoms with Gasteiger partial charge in [-0.05, 0) is 49.0 Å². The van der Waals surface area contributed by atoms with E-state index >= 15 is 0 Å². The number of nitrogens with zero attached hydrogens (tertiary/aromatic N) is 1. The number of H-pyrrole nitrogens is 1. The number of unbranched alkanes of at least 4 members (excludes halogenated alkanes) is 1. The van der Waals surface area contributed by atoms with Gasteiger partial charge >= 0.3 is 5.97 Å². The number of aromatic amines is 1. The van der Waals surface area contributed by atoms with E-state index < -0.39 is 28.9 Å². The molecule has 1 heterocycles. The Hall–Kier alpha value is -3.41. The molecule has 0 unspecified atom stereocenters. The van der Waals surface area contributed by atoms with Gasteiger partial charge < -0.3 is 21.1 Å². The van der Waals surface area contributed by atoms with Crippen LogP contribution in [0.5, 0.6) is 0 Å². The molecule has 0 saturated heterocycles. The third-order valence-electron chi connectivity index (χ3n) is 5.35. The molecule has 0 fully saturated rings. The number of nitrogens with two attached hydrogens (primary N) is 1. The number of carbonyl (C=O) groups is 2. The summed E-state index contributed by atoms with van der Waals surface area (Å²) in [4.78, 5) is 39.3. The summed E-state index contributed by atoms with van der Waals surface area (Å²) in [6.07, 6.45) is 3.58. The number of nitrogens with one attached hydrogen (secondary N) is 3. The molecule has 180 valence electrons. The molecule has 0 aliphatic heterocycles. The van der Waals surface area contributed by atoms with E-state index in [2.05, 4.69) is 15.0 Å². The number of hydrogen-bond donors (Lipinski definition) is 5. The minimum absolute atomic E-state index is 0.0798. The van der Waals surface area contributed by atoms with E-state index in [-0.39, 0.29) is 12.1 Å². The first-order chi connectivity index (χ1) is 16.4. The zero-order chi connectivity index (χ0) is 24.5. The Morgan fingerprint density at radius 1 is 1.12 bits per heavy atom. The number of benzene rings is 2. The van der Waals surface area contributed by atoms with Gasteiger partial charge in [-0.3, -0.25) is 14.9 Å². The summed E-state index contributed by atoms with van der Waals surface area (Å²) in [5.74, 6) is -1.64. The first-order valence-electron chi connectivity index (χ1n) is 10.8. The summed E-state index contributed by atoms with van der Waals surface area (Å²) in [5, 5.41) is 24.6. The molecule has 10 nitrogen and oxygen atoms in total. The molecule has 0 aliphatic carbocycles. The molecule has 2 aromatic carbocycles. The summed E-state index contributed by atoms with van der Waals surface area (Å²) < 4.78 is 2.98. The molecule has 3 rings (SSSR count). The molecule has 6 N–H and O–H groups in total. The Morgan fingerprint density at radius 3 is 2.59 bits per heavy atom. The number of carbonyl (C=O) groups excluding carboxylic acids is 1. The molecule has 0 aliphatic rings. The predicted octanol–water partition coefficient (Wildman–Crippen LogP) is 2.98. The highest BCUT2D eigenvalue weighted by Gasteiger charge is 2.27. The second kappa shape index (κ2) is 12.2. The van der Waals surface area contributed by atoms with Gasteiger partial charge in [-0.25, -0.2) is 9.52 Å². The van der Waals surface area contributed by atoms with Crippen molar-refractivity contribution in [2.24, 2.45) is 5.73 Å². The van der Waals surface area contributed by atoms with Gasteiger partial charge in [0.2, 0.25) is 5.91 Å². The molecule has 1 aromatic heterocycles. The number of amides is 1. The lowest BCUT2D eigenvalue weighted by Crippen LogP contribution is -2.49. The fourth-order valence-electron chi connectivity index (χ4n) is 3.56. The maximum Gasteiger partial charge on any atom is 0.326 e. The minimum Gasteiger partial charge on any atom is -0.480 e. The second-order valence-electron chi connectivity index (χ2n) is 7.74. The fourth-order valence-corrected chi connectivity index (χ4v) is 4.45. The Bertz CT molecular complexity index is 1150. The van der Waals surface area contributed by atoms with Crippen LogP contribution in [-0.2, 0) is 16.0 Å². The van der Waals surface area contributed by atoms with Crippen molar-refractivity contribution in [2.45, 2.75) is 42.7 Å². The van der Waals surface area contributed by atoms with Crippen LogP contribution in [0.3, 0.4) is 0 Å². The van der Waals surface area contributed by atoms with E-state index in [4.69, 9.17) is 5.73 Å². The van der Waals surface area contributed by atoms with E-state index in [0.717, 1.165) is 28.4 Å². The molecule has 3 aromatic rings. The van der Waals surface area contributed by atoms with Crippen LogP contribution in [0.2, 0.25) is 0 Å². The van der Waals surface area contributed by atoms with Crippen molar-refractivity contribution in [1.82, 2.24) is 15.0 Å². The summed E-state index contributed by atoms with van der Waals surface area (Å²) in [6, 6.07) is 11.8. The first-order valence-corrected chi connectivity index (χ1v) is 11.7. The Balaban J connectivity index is 1.72. The number of carboxylic acid groups (broad SMARTS) is 1. The topological polar surface area (TPSA) is 163 Å². The first kappa shape index (κ1) is 25.2. The van der Waals surface area contributed by atoms with E-state index in [1.807, 2.05) is 24.3 Å². The normalized spacial score (nSPS) is 12.9. The van der Waals surface area contributed by atoms with Crippen LogP contribution < -0.4 is 15.8 Å². The van der Waals surface area contributed by atoms with Gasteiger partial charge in [-0.2, -0.15) is 0 Å². The molecule has 0 radical (unpaired) electrons. The largest absolute Gasteiger partial charge is 0.480 e. The van der Waals surface area contributed by atoms with Gasteiger partial charge in [0, 0.05) is 29.6 Å². The molecule has 0 bridgehead atoms. The number of nitro benzene ring substituents is 1. The van der Waals surface area contributed by atoms with Crippen LogP contribution in [0.1, 0.15) is 24.8 Å². The Kier molecular flexibility index (Phi) is 9.02. The number of carboxylic acids is 1. The van der Waals surface area contributed by atoms with Crippen LogP contribution in [0.4, 0.5) is 5.69 Å². The number of hydrogen-bond acceptors (Lipinski definition) is 7. The molecule has 1 amide bonds. The number of nitro groups is 1. The van der Waals surface area contributed by atoms with Gasteiger partial charge in [-0.1, -0.05) is 36.8 Å². The van der Waals surface area contributed by atoms with Gasteiger partial charge in [0.25, 0.3) is 5.69 Å². The van der Waals surface area contributed by atoms with Crippen LogP contribution in [0.25, 0.3) is 10.9 Å². The highest BCUT2D eigenvalue weighted by atomic mass is 32.2.